The maximum Gasteiger partial charge on any atom is 0.137 e. The first-order valence-electron chi connectivity index (χ1n) is 5.67. The van der Waals surface area contributed by atoms with E-state index in [-0.39, 0.29) is 0 Å². The molecule has 0 fully saturated rings. The van der Waals surface area contributed by atoms with Crippen molar-refractivity contribution in [3.05, 3.63) is 33.7 Å². The normalized spacial score (nSPS) is 10.5. The van der Waals surface area contributed by atoms with Crippen molar-refractivity contribution >= 4 is 17.2 Å². The fourth-order valence-electron chi connectivity index (χ4n) is 1.60. The fraction of sp³-hybridized carbons (Fsp3) is 0.417. The third-order valence-electron chi connectivity index (χ3n) is 2.23. The van der Waals surface area contributed by atoms with Crippen LogP contribution < -0.4 is 5.32 Å². The average molecular weight is 248 g/mol. The van der Waals surface area contributed by atoms with Gasteiger partial charge in [-0.3, -0.25) is 0 Å². The van der Waals surface area contributed by atoms with Gasteiger partial charge in [0.1, 0.15) is 16.6 Å². The van der Waals surface area contributed by atoms with Crippen molar-refractivity contribution in [3.8, 4) is 0 Å². The lowest BCUT2D eigenvalue weighted by atomic mass is 10.3. The molecule has 4 nitrogen and oxygen atoms in total. The van der Waals surface area contributed by atoms with Crippen LogP contribution in [0.2, 0.25) is 0 Å². The minimum Gasteiger partial charge on any atom is -0.370 e. The van der Waals surface area contributed by atoms with Crippen LogP contribution in [-0.2, 0) is 6.42 Å². The summed E-state index contributed by atoms with van der Waals surface area (Å²) in [6.45, 7) is 6.91. The molecule has 0 aromatic carbocycles. The molecule has 0 unspecified atom stereocenters. The Morgan fingerprint density at radius 3 is 2.65 bits per heavy atom. The van der Waals surface area contributed by atoms with Gasteiger partial charge >= 0.3 is 0 Å². The zero-order chi connectivity index (χ0) is 12.3. The van der Waals surface area contributed by atoms with E-state index in [1.807, 2.05) is 19.9 Å². The van der Waals surface area contributed by atoms with Crippen LogP contribution >= 0.6 is 11.3 Å². The van der Waals surface area contributed by atoms with Crippen LogP contribution in [0.5, 0.6) is 0 Å². The summed E-state index contributed by atoms with van der Waals surface area (Å²) in [7, 11) is 0. The highest BCUT2D eigenvalue weighted by Crippen LogP contribution is 2.14. The second-order valence-electron chi connectivity index (χ2n) is 3.90. The number of anilines is 1. The van der Waals surface area contributed by atoms with Crippen LogP contribution in [0.3, 0.4) is 0 Å². The van der Waals surface area contributed by atoms with Crippen LogP contribution in [0, 0.1) is 13.8 Å². The van der Waals surface area contributed by atoms with Crippen LogP contribution in [0.25, 0.3) is 0 Å². The molecule has 0 aliphatic carbocycles. The molecule has 0 spiro atoms. The predicted molar refractivity (Wildman–Crippen MR) is 70.6 cm³/mol. The summed E-state index contributed by atoms with van der Waals surface area (Å²) in [5.74, 6) is 1.72. The molecular formula is C12H16N4S. The topological polar surface area (TPSA) is 50.7 Å². The number of thiazole rings is 1. The van der Waals surface area contributed by atoms with Gasteiger partial charge in [0, 0.05) is 29.4 Å². The number of rotatable bonds is 4. The lowest BCUT2D eigenvalue weighted by Crippen LogP contribution is -2.05. The molecule has 0 saturated heterocycles. The van der Waals surface area contributed by atoms with Gasteiger partial charge in [-0.05, 0) is 20.8 Å². The Labute approximate surface area is 105 Å². The smallest absolute Gasteiger partial charge is 0.137 e. The minimum absolute atomic E-state index is 0.707. The molecule has 0 bridgehead atoms. The number of nitrogens with one attached hydrogen (secondary N) is 1. The van der Waals surface area contributed by atoms with E-state index in [0.29, 0.717) is 6.42 Å². The quantitative estimate of drug-likeness (QED) is 0.903. The van der Waals surface area contributed by atoms with Crippen molar-refractivity contribution in [2.45, 2.75) is 27.2 Å². The van der Waals surface area contributed by atoms with Gasteiger partial charge in [-0.2, -0.15) is 0 Å². The highest BCUT2D eigenvalue weighted by Gasteiger charge is 2.05. The summed E-state index contributed by atoms with van der Waals surface area (Å²) in [4.78, 5) is 13.3. The van der Waals surface area contributed by atoms with E-state index >= 15 is 0 Å². The van der Waals surface area contributed by atoms with Crippen molar-refractivity contribution in [3.63, 3.8) is 0 Å². The summed E-state index contributed by atoms with van der Waals surface area (Å²) in [5.41, 5.74) is 2.05. The van der Waals surface area contributed by atoms with E-state index in [2.05, 4.69) is 32.6 Å². The highest BCUT2D eigenvalue weighted by atomic mass is 32.1. The van der Waals surface area contributed by atoms with Gasteiger partial charge in [0.15, 0.2) is 0 Å². The summed E-state index contributed by atoms with van der Waals surface area (Å²) < 4.78 is 0. The summed E-state index contributed by atoms with van der Waals surface area (Å²) in [5, 5.41) is 6.33. The summed E-state index contributed by atoms with van der Waals surface area (Å²) in [6, 6.07) is 1.96. The molecule has 90 valence electrons. The Kier molecular flexibility index (Phi) is 3.68. The van der Waals surface area contributed by atoms with E-state index in [4.69, 9.17) is 0 Å². The molecule has 2 aromatic rings. The maximum atomic E-state index is 4.47. The Balaban J connectivity index is 2.20. The van der Waals surface area contributed by atoms with Crippen molar-refractivity contribution in [2.75, 3.05) is 11.9 Å². The standard InChI is InChI=1S/C12H16N4S/c1-4-13-10-5-8(2)14-11(16-10)6-12-15-9(3)7-17-12/h5,7H,4,6H2,1-3H3,(H,13,14,16). The number of hydrogen-bond acceptors (Lipinski definition) is 5. The predicted octanol–water partition coefficient (Wildman–Crippen LogP) is 2.57. The first kappa shape index (κ1) is 12.0. The van der Waals surface area contributed by atoms with E-state index < -0.39 is 0 Å². The molecule has 0 aliphatic heterocycles. The van der Waals surface area contributed by atoms with Crippen LogP contribution in [-0.4, -0.2) is 21.5 Å². The Bertz CT molecular complexity index is 507. The molecule has 0 radical (unpaired) electrons. The zero-order valence-corrected chi connectivity index (χ0v) is 11.1. The van der Waals surface area contributed by atoms with Gasteiger partial charge in [-0.15, -0.1) is 11.3 Å². The molecule has 2 aromatic heterocycles. The molecule has 1 N–H and O–H groups in total. The Morgan fingerprint density at radius 2 is 2.00 bits per heavy atom. The second kappa shape index (κ2) is 5.23. The molecule has 17 heavy (non-hydrogen) atoms. The van der Waals surface area contributed by atoms with Gasteiger partial charge in [0.25, 0.3) is 0 Å². The summed E-state index contributed by atoms with van der Waals surface area (Å²) >= 11 is 1.66. The largest absolute Gasteiger partial charge is 0.370 e. The van der Waals surface area contributed by atoms with E-state index in [1.165, 1.54) is 0 Å². The van der Waals surface area contributed by atoms with E-state index in [0.717, 1.165) is 34.6 Å². The van der Waals surface area contributed by atoms with Crippen LogP contribution in [0.1, 0.15) is 29.1 Å². The van der Waals surface area contributed by atoms with Crippen molar-refractivity contribution in [1.82, 2.24) is 15.0 Å². The van der Waals surface area contributed by atoms with Gasteiger partial charge in [-0.25, -0.2) is 15.0 Å². The highest BCUT2D eigenvalue weighted by molar-refractivity contribution is 7.09. The Morgan fingerprint density at radius 1 is 1.18 bits per heavy atom. The third kappa shape index (κ3) is 3.23. The van der Waals surface area contributed by atoms with Crippen molar-refractivity contribution < 1.29 is 0 Å². The molecule has 0 saturated carbocycles. The number of aryl methyl sites for hydroxylation is 2. The maximum absolute atomic E-state index is 4.47. The molecular weight excluding hydrogens is 232 g/mol. The SMILES string of the molecule is CCNc1cc(C)nc(Cc2nc(C)cs2)n1. The number of hydrogen-bond donors (Lipinski definition) is 1. The number of nitrogens with zero attached hydrogens (tertiary/aromatic N) is 3. The molecule has 5 heteroatoms. The molecule has 2 rings (SSSR count). The molecule has 0 amide bonds. The van der Waals surface area contributed by atoms with Gasteiger partial charge < -0.3 is 5.32 Å². The third-order valence-corrected chi connectivity index (χ3v) is 3.20. The monoisotopic (exact) mass is 248 g/mol. The van der Waals surface area contributed by atoms with Crippen molar-refractivity contribution in [2.24, 2.45) is 0 Å². The molecule has 0 atom stereocenters. The Hall–Kier alpha value is -1.49. The van der Waals surface area contributed by atoms with Crippen LogP contribution in [0.4, 0.5) is 5.82 Å². The van der Waals surface area contributed by atoms with E-state index in [1.54, 1.807) is 11.3 Å². The summed E-state index contributed by atoms with van der Waals surface area (Å²) in [6.07, 6.45) is 0.707. The first-order chi connectivity index (χ1) is 8.17. The van der Waals surface area contributed by atoms with Gasteiger partial charge in [0.05, 0.1) is 6.42 Å². The first-order valence-corrected chi connectivity index (χ1v) is 6.54. The minimum atomic E-state index is 0.707. The lowest BCUT2D eigenvalue weighted by Gasteiger charge is -2.05. The average Bonchev–Trinajstić information content (AvgIpc) is 2.63. The molecule has 0 aliphatic rings. The number of aromatic nitrogens is 3. The van der Waals surface area contributed by atoms with E-state index in [9.17, 15) is 0 Å². The fourth-order valence-corrected chi connectivity index (χ4v) is 2.37. The molecule has 2 heterocycles. The zero-order valence-electron chi connectivity index (χ0n) is 10.3. The lowest BCUT2D eigenvalue weighted by molar-refractivity contribution is 0.927. The van der Waals surface area contributed by atoms with Crippen LogP contribution in [0.15, 0.2) is 11.4 Å². The second-order valence-corrected chi connectivity index (χ2v) is 4.84. The van der Waals surface area contributed by atoms with Crippen molar-refractivity contribution in [1.29, 1.82) is 0 Å². The van der Waals surface area contributed by atoms with Gasteiger partial charge in [0.2, 0.25) is 0 Å². The van der Waals surface area contributed by atoms with Gasteiger partial charge in [-0.1, -0.05) is 0 Å².